The summed E-state index contributed by atoms with van der Waals surface area (Å²) in [6, 6.07) is 0.163. The second kappa shape index (κ2) is 6.72. The molecule has 1 saturated heterocycles. The number of nitrogens with one attached hydrogen (secondary N) is 1. The van der Waals surface area contributed by atoms with Crippen LogP contribution in [0, 0.1) is 5.92 Å². The Morgan fingerprint density at radius 2 is 2.30 bits per heavy atom. The monoisotopic (exact) mass is 343 g/mol. The summed E-state index contributed by atoms with van der Waals surface area (Å²) in [5.41, 5.74) is 0.640. The number of hydrogen-bond donors (Lipinski definition) is 1. The molecule has 0 bridgehead atoms. The number of halogens is 1. The molecule has 0 spiro atoms. The van der Waals surface area contributed by atoms with Crippen LogP contribution in [0.25, 0.3) is 0 Å². The second-order valence-corrected chi connectivity index (χ2v) is 6.53. The van der Waals surface area contributed by atoms with Gasteiger partial charge in [0.15, 0.2) is 0 Å². The minimum atomic E-state index is -0.0942. The Kier molecular flexibility index (Phi) is 5.21. The van der Waals surface area contributed by atoms with Gasteiger partial charge in [-0.2, -0.15) is 5.10 Å². The summed E-state index contributed by atoms with van der Waals surface area (Å²) < 4.78 is 7.69. The molecule has 5 nitrogen and oxygen atoms in total. The topological polar surface area (TPSA) is 56.1 Å². The number of aromatic nitrogens is 2. The first-order valence-electron chi connectivity index (χ1n) is 7.12. The molecule has 2 heterocycles. The third kappa shape index (κ3) is 3.61. The first kappa shape index (κ1) is 15.5. The Labute approximate surface area is 127 Å². The summed E-state index contributed by atoms with van der Waals surface area (Å²) in [4.78, 5) is 12.2. The lowest BCUT2D eigenvalue weighted by Gasteiger charge is -2.21. The van der Waals surface area contributed by atoms with Gasteiger partial charge in [0.05, 0.1) is 18.0 Å². The minimum Gasteiger partial charge on any atom is -0.378 e. The van der Waals surface area contributed by atoms with Crippen LogP contribution < -0.4 is 10.9 Å². The quantitative estimate of drug-likeness (QED) is 0.892. The molecule has 6 heteroatoms. The number of rotatable bonds is 5. The summed E-state index contributed by atoms with van der Waals surface area (Å²) in [6.07, 6.45) is 4.08. The lowest BCUT2D eigenvalue weighted by atomic mass is 10.1. The maximum absolute atomic E-state index is 12.2. The van der Waals surface area contributed by atoms with E-state index in [-0.39, 0.29) is 17.7 Å². The van der Waals surface area contributed by atoms with Gasteiger partial charge in [-0.25, -0.2) is 4.68 Å². The number of anilines is 1. The third-order valence-electron chi connectivity index (χ3n) is 3.43. The van der Waals surface area contributed by atoms with E-state index in [9.17, 15) is 4.79 Å². The molecule has 2 rings (SSSR count). The van der Waals surface area contributed by atoms with Crippen molar-refractivity contribution in [3.8, 4) is 0 Å². The van der Waals surface area contributed by atoms with Crippen molar-refractivity contribution in [3.05, 3.63) is 21.0 Å². The largest absolute Gasteiger partial charge is 0.378 e. The van der Waals surface area contributed by atoms with Crippen LogP contribution >= 0.6 is 15.9 Å². The summed E-state index contributed by atoms with van der Waals surface area (Å²) in [5, 5.41) is 7.56. The van der Waals surface area contributed by atoms with Crippen LogP contribution in [0.4, 0.5) is 5.69 Å². The first-order valence-corrected chi connectivity index (χ1v) is 7.92. The van der Waals surface area contributed by atoms with Gasteiger partial charge in [0.25, 0.3) is 5.56 Å². The van der Waals surface area contributed by atoms with Crippen molar-refractivity contribution < 1.29 is 4.74 Å². The highest BCUT2D eigenvalue weighted by Crippen LogP contribution is 2.22. The summed E-state index contributed by atoms with van der Waals surface area (Å²) >= 11 is 3.38. The minimum absolute atomic E-state index is 0.0942. The van der Waals surface area contributed by atoms with Gasteiger partial charge >= 0.3 is 0 Å². The molecule has 0 aliphatic carbocycles. The maximum Gasteiger partial charge on any atom is 0.283 e. The van der Waals surface area contributed by atoms with E-state index in [1.54, 1.807) is 6.20 Å². The van der Waals surface area contributed by atoms with Crippen LogP contribution in [0.2, 0.25) is 0 Å². The molecule has 0 radical (unpaired) electrons. The van der Waals surface area contributed by atoms with E-state index in [1.165, 1.54) is 4.68 Å². The SMILES string of the molecule is CC(C)Cn1ncc(NC(C)C2CCCO2)c(Br)c1=O. The van der Waals surface area contributed by atoms with Crippen LogP contribution in [-0.4, -0.2) is 28.5 Å². The molecule has 1 aliphatic rings. The standard InChI is InChI=1S/C14H22BrN3O2/c1-9(2)8-18-14(19)13(15)11(7-16-18)17-10(3)12-5-4-6-20-12/h7,9-10,12,17H,4-6,8H2,1-3H3. The zero-order valence-corrected chi connectivity index (χ0v) is 13.8. The molecule has 112 valence electrons. The highest BCUT2D eigenvalue weighted by atomic mass is 79.9. The normalized spacial score (nSPS) is 20.4. The molecule has 0 amide bonds. The van der Waals surface area contributed by atoms with E-state index in [4.69, 9.17) is 4.74 Å². The predicted octanol–water partition coefficient (Wildman–Crippen LogP) is 2.64. The summed E-state index contributed by atoms with van der Waals surface area (Å²) in [6.45, 7) is 7.65. The van der Waals surface area contributed by atoms with E-state index in [0.29, 0.717) is 16.9 Å². The Hall–Kier alpha value is -0.880. The molecule has 0 saturated carbocycles. The van der Waals surface area contributed by atoms with E-state index in [2.05, 4.69) is 47.1 Å². The number of hydrogen-bond acceptors (Lipinski definition) is 4. The van der Waals surface area contributed by atoms with Crippen molar-refractivity contribution in [2.24, 2.45) is 5.92 Å². The molecule has 2 unspecified atom stereocenters. The first-order chi connectivity index (χ1) is 9.49. The van der Waals surface area contributed by atoms with Crippen molar-refractivity contribution >= 4 is 21.6 Å². The van der Waals surface area contributed by atoms with Gasteiger partial charge in [0, 0.05) is 19.2 Å². The van der Waals surface area contributed by atoms with Gasteiger partial charge in [0.2, 0.25) is 0 Å². The lowest BCUT2D eigenvalue weighted by Crippen LogP contribution is -2.32. The van der Waals surface area contributed by atoms with Gasteiger partial charge in [-0.15, -0.1) is 0 Å². The van der Waals surface area contributed by atoms with E-state index < -0.39 is 0 Å². The highest BCUT2D eigenvalue weighted by Gasteiger charge is 2.23. The number of ether oxygens (including phenoxy) is 1. The van der Waals surface area contributed by atoms with Gasteiger partial charge < -0.3 is 10.1 Å². The van der Waals surface area contributed by atoms with Crippen molar-refractivity contribution in [1.29, 1.82) is 0 Å². The Bertz CT molecular complexity index is 510. The molecule has 1 aromatic heterocycles. The maximum atomic E-state index is 12.2. The molecule has 1 aromatic rings. The van der Waals surface area contributed by atoms with Crippen LogP contribution in [0.15, 0.2) is 15.5 Å². The summed E-state index contributed by atoms with van der Waals surface area (Å²) in [7, 11) is 0. The van der Waals surface area contributed by atoms with Gasteiger partial charge in [-0.1, -0.05) is 13.8 Å². The van der Waals surface area contributed by atoms with Gasteiger partial charge in [0.1, 0.15) is 4.47 Å². The molecule has 1 N–H and O–H groups in total. The molecular formula is C14H22BrN3O2. The molecule has 1 fully saturated rings. The Morgan fingerprint density at radius 1 is 1.55 bits per heavy atom. The van der Waals surface area contributed by atoms with Gasteiger partial charge in [-0.05, 0) is 41.6 Å². The van der Waals surface area contributed by atoms with E-state index in [0.717, 1.165) is 25.1 Å². The number of nitrogens with zero attached hydrogens (tertiary/aromatic N) is 2. The van der Waals surface area contributed by atoms with Crippen molar-refractivity contribution in [2.75, 3.05) is 11.9 Å². The smallest absolute Gasteiger partial charge is 0.283 e. The fourth-order valence-corrected chi connectivity index (χ4v) is 2.80. The zero-order valence-electron chi connectivity index (χ0n) is 12.2. The fraction of sp³-hybridized carbons (Fsp3) is 0.714. The van der Waals surface area contributed by atoms with Crippen LogP contribution in [0.3, 0.4) is 0 Å². The average Bonchev–Trinajstić information content (AvgIpc) is 2.92. The van der Waals surface area contributed by atoms with Crippen LogP contribution in [-0.2, 0) is 11.3 Å². The van der Waals surface area contributed by atoms with Crippen molar-refractivity contribution in [3.63, 3.8) is 0 Å². The van der Waals surface area contributed by atoms with Crippen LogP contribution in [0.1, 0.15) is 33.6 Å². The fourth-order valence-electron chi connectivity index (χ4n) is 2.38. The highest BCUT2D eigenvalue weighted by molar-refractivity contribution is 9.10. The summed E-state index contributed by atoms with van der Waals surface area (Å²) in [5.74, 6) is 0.386. The molecule has 0 aromatic carbocycles. The average molecular weight is 344 g/mol. The van der Waals surface area contributed by atoms with Gasteiger partial charge in [-0.3, -0.25) is 4.79 Å². The molecular weight excluding hydrogens is 322 g/mol. The lowest BCUT2D eigenvalue weighted by molar-refractivity contribution is 0.0996. The second-order valence-electron chi connectivity index (χ2n) is 5.74. The third-order valence-corrected chi connectivity index (χ3v) is 4.20. The van der Waals surface area contributed by atoms with Crippen LogP contribution in [0.5, 0.6) is 0 Å². The zero-order chi connectivity index (χ0) is 14.7. The predicted molar refractivity (Wildman–Crippen MR) is 83.1 cm³/mol. The molecule has 1 aliphatic heterocycles. The Morgan fingerprint density at radius 3 is 2.90 bits per heavy atom. The molecule has 2 atom stereocenters. The van der Waals surface area contributed by atoms with Crippen molar-refractivity contribution in [1.82, 2.24) is 9.78 Å². The van der Waals surface area contributed by atoms with E-state index >= 15 is 0 Å². The van der Waals surface area contributed by atoms with Crippen molar-refractivity contribution in [2.45, 2.75) is 52.3 Å². The molecule has 20 heavy (non-hydrogen) atoms. The Balaban J connectivity index is 2.12. The van der Waals surface area contributed by atoms with E-state index in [1.807, 2.05) is 0 Å².